The van der Waals surface area contributed by atoms with Crippen molar-refractivity contribution >= 4 is 10.9 Å². The minimum absolute atomic E-state index is 0.569. The van der Waals surface area contributed by atoms with Gasteiger partial charge in [-0.1, -0.05) is 18.2 Å². The molecule has 1 aromatic carbocycles. The monoisotopic (exact) mass is 239 g/mol. The van der Waals surface area contributed by atoms with Crippen LogP contribution in [0, 0.1) is 11.3 Å². The summed E-state index contributed by atoms with van der Waals surface area (Å²) in [5.74, 6) is 0.618. The number of hydrogen-bond donors (Lipinski definition) is 1. The average molecular weight is 239 g/mol. The molecule has 92 valence electrons. The van der Waals surface area contributed by atoms with E-state index in [1.807, 2.05) is 0 Å². The van der Waals surface area contributed by atoms with Crippen molar-refractivity contribution in [2.45, 2.75) is 18.8 Å². The van der Waals surface area contributed by atoms with Crippen LogP contribution in [-0.4, -0.2) is 29.5 Å². The van der Waals surface area contributed by atoms with Gasteiger partial charge in [-0.05, 0) is 43.5 Å². The molecule has 0 unspecified atom stereocenters. The van der Waals surface area contributed by atoms with E-state index in [2.05, 4.69) is 46.3 Å². The summed E-state index contributed by atoms with van der Waals surface area (Å²) in [5.41, 5.74) is 2.58. The first-order valence-electron chi connectivity index (χ1n) is 6.54. The van der Waals surface area contributed by atoms with Gasteiger partial charge in [0, 0.05) is 17.1 Å². The van der Waals surface area contributed by atoms with E-state index in [4.69, 9.17) is 5.26 Å². The number of aromatic nitrogens is 1. The van der Waals surface area contributed by atoms with Gasteiger partial charge >= 0.3 is 0 Å². The highest BCUT2D eigenvalue weighted by atomic mass is 15.1. The molecule has 3 nitrogen and oxygen atoms in total. The molecule has 1 N–H and O–H groups in total. The predicted octanol–water partition coefficient (Wildman–Crippen LogP) is 2.87. The summed E-state index contributed by atoms with van der Waals surface area (Å²) in [6.07, 6.45) is 2.29. The van der Waals surface area contributed by atoms with E-state index in [1.165, 1.54) is 16.6 Å². The zero-order valence-corrected chi connectivity index (χ0v) is 10.4. The number of nitriles is 1. The van der Waals surface area contributed by atoms with E-state index in [0.717, 1.165) is 25.9 Å². The maximum absolute atomic E-state index is 8.70. The Morgan fingerprint density at radius 2 is 2.06 bits per heavy atom. The number of aromatic amines is 1. The first kappa shape index (κ1) is 11.3. The zero-order valence-electron chi connectivity index (χ0n) is 10.4. The lowest BCUT2D eigenvalue weighted by Gasteiger charge is -2.29. The molecular weight excluding hydrogens is 222 g/mol. The molecule has 1 saturated heterocycles. The van der Waals surface area contributed by atoms with Gasteiger partial charge in [0.1, 0.15) is 0 Å². The summed E-state index contributed by atoms with van der Waals surface area (Å²) < 4.78 is 0. The predicted molar refractivity (Wildman–Crippen MR) is 72.3 cm³/mol. The van der Waals surface area contributed by atoms with Crippen LogP contribution in [0.3, 0.4) is 0 Å². The lowest BCUT2D eigenvalue weighted by Crippen LogP contribution is -2.33. The minimum atomic E-state index is 0.569. The summed E-state index contributed by atoms with van der Waals surface area (Å²) in [5, 5.41) is 10.00. The quantitative estimate of drug-likeness (QED) is 0.819. The first-order chi connectivity index (χ1) is 8.86. The fourth-order valence-corrected chi connectivity index (χ4v) is 2.82. The van der Waals surface area contributed by atoms with Gasteiger partial charge in [-0.25, -0.2) is 0 Å². The van der Waals surface area contributed by atoms with Gasteiger partial charge in [0.05, 0.1) is 12.6 Å². The van der Waals surface area contributed by atoms with Crippen LogP contribution >= 0.6 is 0 Å². The average Bonchev–Trinajstić information content (AvgIpc) is 2.84. The molecule has 2 aromatic rings. The molecule has 1 aromatic heterocycles. The number of fused-ring (bicyclic) bond motifs is 1. The van der Waals surface area contributed by atoms with Gasteiger partial charge in [-0.3, -0.25) is 4.90 Å². The van der Waals surface area contributed by atoms with Crippen LogP contribution in [0.5, 0.6) is 0 Å². The van der Waals surface area contributed by atoms with E-state index in [-0.39, 0.29) is 0 Å². The normalized spacial score (nSPS) is 17.9. The van der Waals surface area contributed by atoms with Crippen LogP contribution < -0.4 is 0 Å². The van der Waals surface area contributed by atoms with Crippen molar-refractivity contribution in [3.05, 3.63) is 36.0 Å². The van der Waals surface area contributed by atoms with Crippen LogP contribution in [0.2, 0.25) is 0 Å². The number of likely N-dealkylation sites (tertiary alicyclic amines) is 1. The number of para-hydroxylation sites is 1. The SMILES string of the molecule is N#CCN1CCC(c2cc3ccccc3[nH]2)CC1. The number of piperidine rings is 1. The van der Waals surface area contributed by atoms with Crippen LogP contribution in [0.4, 0.5) is 0 Å². The van der Waals surface area contributed by atoms with Crippen LogP contribution in [0.1, 0.15) is 24.5 Å². The van der Waals surface area contributed by atoms with Crippen molar-refractivity contribution in [3.63, 3.8) is 0 Å². The van der Waals surface area contributed by atoms with Crippen molar-refractivity contribution in [2.75, 3.05) is 19.6 Å². The Balaban J connectivity index is 1.74. The van der Waals surface area contributed by atoms with Crippen LogP contribution in [-0.2, 0) is 0 Å². The summed E-state index contributed by atoms with van der Waals surface area (Å²) in [6, 6.07) is 12.9. The second-order valence-corrected chi connectivity index (χ2v) is 5.02. The molecule has 1 aliphatic rings. The fourth-order valence-electron chi connectivity index (χ4n) is 2.82. The van der Waals surface area contributed by atoms with E-state index in [1.54, 1.807) is 0 Å². The van der Waals surface area contributed by atoms with Gasteiger partial charge in [0.25, 0.3) is 0 Å². The van der Waals surface area contributed by atoms with Gasteiger partial charge in [0.15, 0.2) is 0 Å². The van der Waals surface area contributed by atoms with Gasteiger partial charge in [-0.2, -0.15) is 5.26 Å². The molecule has 18 heavy (non-hydrogen) atoms. The zero-order chi connectivity index (χ0) is 12.4. The lowest BCUT2D eigenvalue weighted by atomic mass is 9.93. The third-order valence-electron chi connectivity index (χ3n) is 3.87. The molecule has 0 atom stereocenters. The molecular formula is C15H17N3. The van der Waals surface area contributed by atoms with E-state index < -0.39 is 0 Å². The number of H-pyrrole nitrogens is 1. The van der Waals surface area contributed by atoms with Crippen molar-refractivity contribution in [1.29, 1.82) is 5.26 Å². The molecule has 0 aliphatic carbocycles. The smallest absolute Gasteiger partial charge is 0.0865 e. The Bertz CT molecular complexity index is 538. The molecule has 0 bridgehead atoms. The Labute approximate surface area is 107 Å². The maximum Gasteiger partial charge on any atom is 0.0865 e. The highest BCUT2D eigenvalue weighted by Gasteiger charge is 2.21. The number of rotatable bonds is 2. The van der Waals surface area contributed by atoms with Crippen LogP contribution in [0.25, 0.3) is 10.9 Å². The largest absolute Gasteiger partial charge is 0.358 e. The molecule has 1 fully saturated rings. The van der Waals surface area contributed by atoms with E-state index >= 15 is 0 Å². The molecule has 3 heteroatoms. The lowest BCUT2D eigenvalue weighted by molar-refractivity contribution is 0.233. The molecule has 3 rings (SSSR count). The highest BCUT2D eigenvalue weighted by Crippen LogP contribution is 2.29. The summed E-state index contributed by atoms with van der Waals surface area (Å²) >= 11 is 0. The van der Waals surface area contributed by atoms with Gasteiger partial charge in [0.2, 0.25) is 0 Å². The Morgan fingerprint density at radius 3 is 2.78 bits per heavy atom. The minimum Gasteiger partial charge on any atom is -0.358 e. The maximum atomic E-state index is 8.70. The number of benzene rings is 1. The number of nitrogens with zero attached hydrogens (tertiary/aromatic N) is 2. The Kier molecular flexibility index (Phi) is 3.04. The van der Waals surface area contributed by atoms with E-state index in [9.17, 15) is 0 Å². The summed E-state index contributed by atoms with van der Waals surface area (Å²) in [7, 11) is 0. The molecule has 0 saturated carbocycles. The van der Waals surface area contributed by atoms with Gasteiger partial charge in [-0.15, -0.1) is 0 Å². The second-order valence-electron chi connectivity index (χ2n) is 5.02. The number of nitrogens with one attached hydrogen (secondary N) is 1. The summed E-state index contributed by atoms with van der Waals surface area (Å²) in [6.45, 7) is 2.64. The molecule has 2 heterocycles. The third kappa shape index (κ3) is 2.12. The Morgan fingerprint density at radius 1 is 1.28 bits per heavy atom. The van der Waals surface area contributed by atoms with Crippen molar-refractivity contribution in [1.82, 2.24) is 9.88 Å². The molecule has 0 amide bonds. The van der Waals surface area contributed by atoms with Crippen molar-refractivity contribution in [3.8, 4) is 6.07 Å². The van der Waals surface area contributed by atoms with Crippen LogP contribution in [0.15, 0.2) is 30.3 Å². The molecule has 0 spiro atoms. The van der Waals surface area contributed by atoms with Crippen molar-refractivity contribution < 1.29 is 0 Å². The second kappa shape index (κ2) is 4.83. The fraction of sp³-hybridized carbons (Fsp3) is 0.400. The van der Waals surface area contributed by atoms with Crippen molar-refractivity contribution in [2.24, 2.45) is 0 Å². The highest BCUT2D eigenvalue weighted by molar-refractivity contribution is 5.80. The van der Waals surface area contributed by atoms with E-state index in [0.29, 0.717) is 12.5 Å². The molecule has 0 radical (unpaired) electrons. The number of hydrogen-bond acceptors (Lipinski definition) is 2. The molecule has 1 aliphatic heterocycles. The standard InChI is InChI=1S/C15H17N3/c16-7-10-18-8-5-12(6-9-18)15-11-13-3-1-2-4-14(13)17-15/h1-4,11-12,17H,5-6,8-10H2. The topological polar surface area (TPSA) is 42.8 Å². The Hall–Kier alpha value is -1.79. The summed E-state index contributed by atoms with van der Waals surface area (Å²) in [4.78, 5) is 5.76. The van der Waals surface area contributed by atoms with Gasteiger partial charge < -0.3 is 4.98 Å². The first-order valence-corrected chi connectivity index (χ1v) is 6.54. The third-order valence-corrected chi connectivity index (χ3v) is 3.87.